The Morgan fingerprint density at radius 2 is 1.83 bits per heavy atom. The van der Waals surface area contributed by atoms with E-state index >= 15 is 0 Å². The normalized spacial score (nSPS) is 15.4. The average Bonchev–Trinajstić information content (AvgIpc) is 2.34. The van der Waals surface area contributed by atoms with Crippen LogP contribution in [0.3, 0.4) is 0 Å². The maximum Gasteiger partial charge on any atom is 0.522 e. The zero-order chi connectivity index (χ0) is 13.6. The predicted octanol–water partition coefficient (Wildman–Crippen LogP) is 2.02. The van der Waals surface area contributed by atoms with Crippen molar-refractivity contribution < 1.29 is 23.0 Å². The van der Waals surface area contributed by atoms with Crippen molar-refractivity contribution in [3.8, 4) is 0 Å². The van der Waals surface area contributed by atoms with Crippen LogP contribution >= 0.6 is 0 Å². The lowest BCUT2D eigenvalue weighted by Gasteiger charge is -2.29. The molecule has 0 fully saturated rings. The van der Waals surface area contributed by atoms with Crippen molar-refractivity contribution in [3.63, 3.8) is 0 Å². The monoisotopic (exact) mass is 263 g/mol. The lowest BCUT2D eigenvalue weighted by Crippen LogP contribution is -2.44. The molecule has 0 amide bonds. The number of halogens is 3. The van der Waals surface area contributed by atoms with Gasteiger partial charge in [-0.1, -0.05) is 30.3 Å². The van der Waals surface area contributed by atoms with Crippen molar-refractivity contribution in [1.82, 2.24) is 5.32 Å². The summed E-state index contributed by atoms with van der Waals surface area (Å²) in [5.74, 6) is 0. The Morgan fingerprint density at radius 3 is 2.33 bits per heavy atom. The van der Waals surface area contributed by atoms with E-state index in [0.29, 0.717) is 0 Å². The second-order valence-corrected chi connectivity index (χ2v) is 4.08. The lowest BCUT2D eigenvalue weighted by molar-refractivity contribution is -0.323. The maximum absolute atomic E-state index is 11.8. The first-order chi connectivity index (χ1) is 8.37. The Kier molecular flexibility index (Phi) is 5.13. The Bertz CT molecular complexity index is 356. The van der Waals surface area contributed by atoms with Gasteiger partial charge < -0.3 is 10.4 Å². The molecule has 0 aliphatic heterocycles. The third-order valence-electron chi connectivity index (χ3n) is 2.61. The zero-order valence-corrected chi connectivity index (χ0v) is 10.00. The first-order valence-electron chi connectivity index (χ1n) is 5.49. The quantitative estimate of drug-likeness (QED) is 0.771. The fourth-order valence-electron chi connectivity index (χ4n) is 1.55. The van der Waals surface area contributed by atoms with E-state index in [2.05, 4.69) is 10.1 Å². The van der Waals surface area contributed by atoms with Crippen LogP contribution in [-0.4, -0.2) is 31.2 Å². The molecule has 102 valence electrons. The van der Waals surface area contributed by atoms with Crippen LogP contribution in [0, 0.1) is 0 Å². The Balaban J connectivity index is 2.52. The summed E-state index contributed by atoms with van der Waals surface area (Å²) >= 11 is 0. The summed E-state index contributed by atoms with van der Waals surface area (Å²) in [4.78, 5) is 0. The molecule has 1 aromatic rings. The van der Waals surface area contributed by atoms with Crippen molar-refractivity contribution in [1.29, 1.82) is 0 Å². The molecule has 0 heterocycles. The minimum Gasteiger partial charge on any atom is -0.394 e. The maximum atomic E-state index is 11.8. The standard InChI is InChI=1S/C12H16F3NO2/c1-11(9-17,10-5-3-2-4-6-10)16-7-8-18-12(13,14)15/h2-6,16-17H,7-9H2,1H3. The summed E-state index contributed by atoms with van der Waals surface area (Å²) in [6.07, 6.45) is -4.62. The molecule has 1 atom stereocenters. The van der Waals surface area contributed by atoms with Gasteiger partial charge in [0.25, 0.3) is 0 Å². The highest BCUT2D eigenvalue weighted by Crippen LogP contribution is 2.20. The number of aliphatic hydroxyl groups is 1. The summed E-state index contributed by atoms with van der Waals surface area (Å²) in [5.41, 5.74) is 0.0236. The SMILES string of the molecule is CC(CO)(NCCOC(F)(F)F)c1ccccc1. The van der Waals surface area contributed by atoms with Gasteiger partial charge in [0.2, 0.25) is 0 Å². The molecule has 1 unspecified atom stereocenters. The average molecular weight is 263 g/mol. The molecule has 18 heavy (non-hydrogen) atoms. The molecule has 2 N–H and O–H groups in total. The van der Waals surface area contributed by atoms with Crippen LogP contribution in [0.5, 0.6) is 0 Å². The number of benzene rings is 1. The molecule has 3 nitrogen and oxygen atoms in total. The van der Waals surface area contributed by atoms with Gasteiger partial charge in [-0.2, -0.15) is 0 Å². The van der Waals surface area contributed by atoms with Crippen LogP contribution in [0.2, 0.25) is 0 Å². The van der Waals surface area contributed by atoms with E-state index < -0.39 is 18.5 Å². The van der Waals surface area contributed by atoms with E-state index in [-0.39, 0.29) is 13.2 Å². The van der Waals surface area contributed by atoms with Gasteiger partial charge in [-0.15, -0.1) is 13.2 Å². The van der Waals surface area contributed by atoms with Crippen LogP contribution in [0.25, 0.3) is 0 Å². The molecular weight excluding hydrogens is 247 g/mol. The summed E-state index contributed by atoms with van der Waals surface area (Å²) in [6, 6.07) is 9.03. The van der Waals surface area contributed by atoms with Gasteiger partial charge in [0.05, 0.1) is 18.8 Å². The number of rotatable bonds is 6. The number of aliphatic hydroxyl groups excluding tert-OH is 1. The molecule has 1 rings (SSSR count). The van der Waals surface area contributed by atoms with E-state index in [1.54, 1.807) is 31.2 Å². The highest BCUT2D eigenvalue weighted by molar-refractivity contribution is 5.23. The van der Waals surface area contributed by atoms with Gasteiger partial charge >= 0.3 is 6.36 Å². The predicted molar refractivity (Wildman–Crippen MR) is 60.9 cm³/mol. The smallest absolute Gasteiger partial charge is 0.394 e. The molecule has 6 heteroatoms. The van der Waals surface area contributed by atoms with E-state index in [0.717, 1.165) is 5.56 Å². The van der Waals surface area contributed by atoms with Crippen molar-refractivity contribution in [3.05, 3.63) is 35.9 Å². The Labute approximate surface area is 104 Å². The van der Waals surface area contributed by atoms with Gasteiger partial charge in [-0.05, 0) is 12.5 Å². The van der Waals surface area contributed by atoms with Crippen LogP contribution in [-0.2, 0) is 10.3 Å². The molecular formula is C12H16F3NO2. The van der Waals surface area contributed by atoms with Crippen LogP contribution < -0.4 is 5.32 Å². The molecule has 0 saturated carbocycles. The van der Waals surface area contributed by atoms with Crippen molar-refractivity contribution in [2.75, 3.05) is 19.8 Å². The summed E-state index contributed by atoms with van der Waals surface area (Å²) in [5, 5.41) is 12.2. The third-order valence-corrected chi connectivity index (χ3v) is 2.61. The van der Waals surface area contributed by atoms with Gasteiger partial charge in [-0.3, -0.25) is 4.74 Å². The summed E-state index contributed by atoms with van der Waals surface area (Å²) < 4.78 is 39.0. The number of nitrogens with one attached hydrogen (secondary N) is 1. The van der Waals surface area contributed by atoms with Crippen LogP contribution in [0.15, 0.2) is 30.3 Å². The van der Waals surface area contributed by atoms with Gasteiger partial charge in [0, 0.05) is 6.54 Å². The largest absolute Gasteiger partial charge is 0.522 e. The Hall–Kier alpha value is -1.11. The zero-order valence-electron chi connectivity index (χ0n) is 10.00. The van der Waals surface area contributed by atoms with Crippen molar-refractivity contribution >= 4 is 0 Å². The number of ether oxygens (including phenoxy) is 1. The molecule has 1 aromatic carbocycles. The third kappa shape index (κ3) is 4.64. The minimum absolute atomic E-state index is 0.00847. The molecule has 0 saturated heterocycles. The minimum atomic E-state index is -4.62. The lowest BCUT2D eigenvalue weighted by atomic mass is 9.93. The van der Waals surface area contributed by atoms with E-state index in [4.69, 9.17) is 0 Å². The fraction of sp³-hybridized carbons (Fsp3) is 0.500. The Morgan fingerprint density at radius 1 is 1.22 bits per heavy atom. The molecule has 0 radical (unpaired) electrons. The van der Waals surface area contributed by atoms with Gasteiger partial charge in [0.1, 0.15) is 0 Å². The topological polar surface area (TPSA) is 41.5 Å². The number of alkyl halides is 3. The van der Waals surface area contributed by atoms with Crippen molar-refractivity contribution in [2.45, 2.75) is 18.8 Å². The highest BCUT2D eigenvalue weighted by Gasteiger charge is 2.30. The van der Waals surface area contributed by atoms with E-state index in [1.807, 2.05) is 6.07 Å². The van der Waals surface area contributed by atoms with Gasteiger partial charge in [0.15, 0.2) is 0 Å². The first-order valence-corrected chi connectivity index (χ1v) is 5.49. The molecule has 0 aromatic heterocycles. The second-order valence-electron chi connectivity index (χ2n) is 4.08. The van der Waals surface area contributed by atoms with Gasteiger partial charge in [-0.25, -0.2) is 0 Å². The summed E-state index contributed by atoms with van der Waals surface area (Å²) in [7, 11) is 0. The van der Waals surface area contributed by atoms with E-state index in [9.17, 15) is 18.3 Å². The second kappa shape index (κ2) is 6.17. The van der Waals surface area contributed by atoms with Crippen LogP contribution in [0.4, 0.5) is 13.2 Å². The molecule has 0 aliphatic carbocycles. The van der Waals surface area contributed by atoms with Crippen molar-refractivity contribution in [2.24, 2.45) is 0 Å². The van der Waals surface area contributed by atoms with Crippen LogP contribution in [0.1, 0.15) is 12.5 Å². The molecule has 0 bridgehead atoms. The highest BCUT2D eigenvalue weighted by atomic mass is 19.4. The number of hydrogen-bond donors (Lipinski definition) is 2. The first kappa shape index (κ1) is 14.9. The number of hydrogen-bond acceptors (Lipinski definition) is 3. The fourth-order valence-corrected chi connectivity index (χ4v) is 1.55. The molecule has 0 aliphatic rings. The summed E-state index contributed by atoms with van der Waals surface area (Å²) in [6.45, 7) is 0.996. The molecule has 0 spiro atoms. The van der Waals surface area contributed by atoms with E-state index in [1.165, 1.54) is 0 Å².